The Labute approximate surface area is 141 Å². The van der Waals surface area contributed by atoms with Crippen LogP contribution in [0.2, 0.25) is 0 Å². The fraction of sp³-hybridized carbons (Fsp3) is 0.438. The number of benzene rings is 1. The molecule has 0 aliphatic carbocycles. The topological polar surface area (TPSA) is 68.3 Å². The zero-order valence-electron chi connectivity index (χ0n) is 13.2. The lowest BCUT2D eigenvalue weighted by Crippen LogP contribution is -2.28. The molecule has 0 saturated heterocycles. The Bertz CT molecular complexity index is 684. The summed E-state index contributed by atoms with van der Waals surface area (Å²) in [4.78, 5) is 4.38. The quantitative estimate of drug-likeness (QED) is 0.711. The zero-order chi connectivity index (χ0) is 16.5. The van der Waals surface area contributed by atoms with Gasteiger partial charge in [-0.05, 0) is 18.4 Å². The summed E-state index contributed by atoms with van der Waals surface area (Å²) < 4.78 is 31.6. The van der Waals surface area contributed by atoms with Crippen LogP contribution < -0.4 is 4.72 Å². The van der Waals surface area contributed by atoms with Gasteiger partial charge in [-0.3, -0.25) is 0 Å². The standard InChI is InChI=1S/C16H22N2O3S2/c1-21-12-16-18-15(13-22-16)9-10-17-23(19,20)11-5-8-14-6-3-2-4-7-14/h2-4,6-7,13,17H,5,8-12H2,1H3. The number of hydrogen-bond donors (Lipinski definition) is 1. The molecule has 7 heteroatoms. The van der Waals surface area contributed by atoms with Gasteiger partial charge in [0.15, 0.2) is 0 Å². The van der Waals surface area contributed by atoms with E-state index in [9.17, 15) is 8.42 Å². The van der Waals surface area contributed by atoms with E-state index < -0.39 is 10.0 Å². The van der Waals surface area contributed by atoms with E-state index in [1.807, 2.05) is 35.7 Å². The molecule has 1 N–H and O–H groups in total. The first-order valence-electron chi connectivity index (χ1n) is 7.52. The number of sulfonamides is 1. The third-order valence-electron chi connectivity index (χ3n) is 3.29. The fourth-order valence-corrected chi connectivity index (χ4v) is 4.05. The molecule has 0 atom stereocenters. The van der Waals surface area contributed by atoms with E-state index in [2.05, 4.69) is 9.71 Å². The van der Waals surface area contributed by atoms with Gasteiger partial charge in [0.1, 0.15) is 5.01 Å². The van der Waals surface area contributed by atoms with Crippen molar-refractivity contribution in [3.8, 4) is 0 Å². The van der Waals surface area contributed by atoms with Gasteiger partial charge in [-0.1, -0.05) is 30.3 Å². The first-order valence-corrected chi connectivity index (χ1v) is 10.1. The summed E-state index contributed by atoms with van der Waals surface area (Å²) in [5.74, 6) is 0.147. The molecule has 0 radical (unpaired) electrons. The van der Waals surface area contributed by atoms with E-state index >= 15 is 0 Å². The molecular weight excluding hydrogens is 332 g/mol. The lowest BCUT2D eigenvalue weighted by Gasteiger charge is -2.06. The molecule has 0 aliphatic rings. The van der Waals surface area contributed by atoms with Gasteiger partial charge in [0, 0.05) is 25.5 Å². The van der Waals surface area contributed by atoms with Crippen LogP contribution in [-0.4, -0.2) is 32.8 Å². The van der Waals surface area contributed by atoms with Crippen molar-refractivity contribution in [3.63, 3.8) is 0 Å². The van der Waals surface area contributed by atoms with Gasteiger partial charge >= 0.3 is 0 Å². The van der Waals surface area contributed by atoms with Crippen LogP contribution in [-0.2, 0) is 34.2 Å². The second kappa shape index (κ2) is 9.12. The first kappa shape index (κ1) is 18.1. The molecule has 0 fully saturated rings. The van der Waals surface area contributed by atoms with E-state index in [-0.39, 0.29) is 5.75 Å². The highest BCUT2D eigenvalue weighted by Crippen LogP contribution is 2.11. The number of hydrogen-bond acceptors (Lipinski definition) is 5. The number of thiazole rings is 1. The molecule has 0 aliphatic heterocycles. The second-order valence-electron chi connectivity index (χ2n) is 5.22. The molecular formula is C16H22N2O3S2. The molecule has 0 bridgehead atoms. The van der Waals surface area contributed by atoms with E-state index in [0.717, 1.165) is 22.7 Å². The van der Waals surface area contributed by atoms with Crippen LogP contribution in [0.5, 0.6) is 0 Å². The molecule has 126 valence electrons. The van der Waals surface area contributed by atoms with Crippen molar-refractivity contribution in [2.75, 3.05) is 19.4 Å². The van der Waals surface area contributed by atoms with Gasteiger partial charge in [-0.2, -0.15) is 0 Å². The molecule has 2 rings (SSSR count). The summed E-state index contributed by atoms with van der Waals surface area (Å²) in [6.07, 6.45) is 1.99. The highest BCUT2D eigenvalue weighted by atomic mass is 32.2. The Morgan fingerprint density at radius 2 is 2.00 bits per heavy atom. The van der Waals surface area contributed by atoms with Gasteiger partial charge < -0.3 is 4.74 Å². The summed E-state index contributed by atoms with van der Waals surface area (Å²) in [6.45, 7) is 0.875. The summed E-state index contributed by atoms with van der Waals surface area (Å²) in [5.41, 5.74) is 2.06. The monoisotopic (exact) mass is 354 g/mol. The van der Waals surface area contributed by atoms with Crippen LogP contribution in [0, 0.1) is 0 Å². The molecule has 0 spiro atoms. The molecule has 0 amide bonds. The summed E-state index contributed by atoms with van der Waals surface area (Å²) in [7, 11) is -1.59. The predicted octanol–water partition coefficient (Wildman–Crippen LogP) is 2.38. The summed E-state index contributed by atoms with van der Waals surface area (Å²) in [6, 6.07) is 9.92. The number of rotatable bonds is 10. The summed E-state index contributed by atoms with van der Waals surface area (Å²) >= 11 is 1.53. The second-order valence-corrected chi connectivity index (χ2v) is 8.09. The molecule has 1 heterocycles. The van der Waals surface area contributed by atoms with E-state index in [4.69, 9.17) is 4.74 Å². The highest BCUT2D eigenvalue weighted by molar-refractivity contribution is 7.89. The zero-order valence-corrected chi connectivity index (χ0v) is 14.8. The maximum Gasteiger partial charge on any atom is 0.211 e. The van der Waals surface area contributed by atoms with Gasteiger partial charge in [-0.25, -0.2) is 18.1 Å². The molecule has 0 saturated carbocycles. The molecule has 0 unspecified atom stereocenters. The van der Waals surface area contributed by atoms with E-state index in [1.54, 1.807) is 7.11 Å². The van der Waals surface area contributed by atoms with Crippen LogP contribution in [0.4, 0.5) is 0 Å². The lowest BCUT2D eigenvalue weighted by atomic mass is 10.1. The fourth-order valence-electron chi connectivity index (χ4n) is 2.17. The van der Waals surface area contributed by atoms with Gasteiger partial charge in [-0.15, -0.1) is 11.3 Å². The van der Waals surface area contributed by atoms with E-state index in [1.165, 1.54) is 11.3 Å². The third-order valence-corrected chi connectivity index (χ3v) is 5.63. The maximum absolute atomic E-state index is 12.0. The van der Waals surface area contributed by atoms with Crippen molar-refractivity contribution in [3.05, 3.63) is 52.0 Å². The van der Waals surface area contributed by atoms with Crippen LogP contribution >= 0.6 is 11.3 Å². The van der Waals surface area contributed by atoms with Crippen LogP contribution in [0.1, 0.15) is 22.7 Å². The predicted molar refractivity (Wildman–Crippen MR) is 93.1 cm³/mol. The Hall–Kier alpha value is -1.28. The molecule has 1 aromatic heterocycles. The van der Waals surface area contributed by atoms with Crippen molar-refractivity contribution in [1.82, 2.24) is 9.71 Å². The van der Waals surface area contributed by atoms with Gasteiger partial charge in [0.2, 0.25) is 10.0 Å². The Morgan fingerprint density at radius 3 is 2.74 bits per heavy atom. The minimum absolute atomic E-state index is 0.147. The number of aromatic nitrogens is 1. The first-order chi connectivity index (χ1) is 11.1. The van der Waals surface area contributed by atoms with Crippen LogP contribution in [0.15, 0.2) is 35.7 Å². The van der Waals surface area contributed by atoms with Crippen molar-refractivity contribution in [2.24, 2.45) is 0 Å². The number of nitrogens with one attached hydrogen (secondary N) is 1. The minimum atomic E-state index is -3.22. The third kappa shape index (κ3) is 6.78. The number of ether oxygens (including phenoxy) is 1. The smallest absolute Gasteiger partial charge is 0.211 e. The number of aryl methyl sites for hydroxylation is 1. The Morgan fingerprint density at radius 1 is 1.22 bits per heavy atom. The average Bonchev–Trinajstić information content (AvgIpc) is 2.96. The van der Waals surface area contributed by atoms with Gasteiger partial charge in [0.25, 0.3) is 0 Å². The molecule has 2 aromatic rings. The maximum atomic E-state index is 12.0. The normalized spacial score (nSPS) is 11.7. The Kier molecular flexibility index (Phi) is 7.16. The summed E-state index contributed by atoms with van der Waals surface area (Å²) in [5, 5.41) is 2.85. The van der Waals surface area contributed by atoms with Crippen molar-refractivity contribution in [1.29, 1.82) is 0 Å². The van der Waals surface area contributed by atoms with Crippen molar-refractivity contribution in [2.45, 2.75) is 25.9 Å². The average molecular weight is 354 g/mol. The van der Waals surface area contributed by atoms with Crippen molar-refractivity contribution >= 4 is 21.4 Å². The number of methoxy groups -OCH3 is 1. The largest absolute Gasteiger partial charge is 0.378 e. The molecule has 1 aromatic carbocycles. The van der Waals surface area contributed by atoms with Gasteiger partial charge in [0.05, 0.1) is 18.1 Å². The Balaban J connectivity index is 1.69. The SMILES string of the molecule is COCc1nc(CCNS(=O)(=O)CCCc2ccccc2)cs1. The highest BCUT2D eigenvalue weighted by Gasteiger charge is 2.10. The lowest BCUT2D eigenvalue weighted by molar-refractivity contribution is 0.184. The van der Waals surface area contributed by atoms with Crippen LogP contribution in [0.25, 0.3) is 0 Å². The minimum Gasteiger partial charge on any atom is -0.378 e. The van der Waals surface area contributed by atoms with Crippen LogP contribution in [0.3, 0.4) is 0 Å². The van der Waals surface area contributed by atoms with E-state index in [0.29, 0.717) is 26.0 Å². The number of nitrogens with zero attached hydrogens (tertiary/aromatic N) is 1. The molecule has 23 heavy (non-hydrogen) atoms. The van der Waals surface area contributed by atoms with Crippen molar-refractivity contribution < 1.29 is 13.2 Å². The molecule has 5 nitrogen and oxygen atoms in total.